The molecule has 0 aliphatic rings. The molecule has 6 heteroatoms. The molecular formula is C15H14Br2F2N2. The Labute approximate surface area is 139 Å². The molecule has 0 saturated heterocycles. The summed E-state index contributed by atoms with van der Waals surface area (Å²) in [5.41, 5.74) is 0.956. The Balaban J connectivity index is 2.35. The van der Waals surface area contributed by atoms with Gasteiger partial charge in [0, 0.05) is 32.9 Å². The third-order valence-corrected chi connectivity index (χ3v) is 3.94. The smallest absolute Gasteiger partial charge is 0.132 e. The Hall–Kier alpha value is -0.850. The second-order valence-electron chi connectivity index (χ2n) is 4.61. The highest BCUT2D eigenvalue weighted by atomic mass is 79.9. The van der Waals surface area contributed by atoms with Gasteiger partial charge in [-0.2, -0.15) is 0 Å². The average molecular weight is 420 g/mol. The van der Waals surface area contributed by atoms with Crippen molar-refractivity contribution in [2.75, 3.05) is 6.54 Å². The van der Waals surface area contributed by atoms with E-state index in [1.54, 1.807) is 12.4 Å². The van der Waals surface area contributed by atoms with Crippen LogP contribution in [0.5, 0.6) is 0 Å². The highest BCUT2D eigenvalue weighted by molar-refractivity contribution is 9.10. The maximum atomic E-state index is 14.1. The van der Waals surface area contributed by atoms with Crippen molar-refractivity contribution >= 4 is 31.9 Å². The van der Waals surface area contributed by atoms with Crippen LogP contribution in [0.3, 0.4) is 0 Å². The first-order valence-corrected chi connectivity index (χ1v) is 8.07. The number of benzene rings is 1. The molecule has 1 N–H and O–H groups in total. The molecule has 1 atom stereocenters. The highest BCUT2D eigenvalue weighted by Gasteiger charge is 2.21. The van der Waals surface area contributed by atoms with Gasteiger partial charge < -0.3 is 5.32 Å². The minimum absolute atomic E-state index is 0.0556. The number of likely N-dealkylation sites (N-methyl/N-ethyl adjacent to an activating group) is 1. The largest absolute Gasteiger partial charge is 0.310 e. The molecule has 0 fully saturated rings. The van der Waals surface area contributed by atoms with Crippen LogP contribution in [0.15, 0.2) is 39.5 Å². The molecule has 0 amide bonds. The molecule has 1 aromatic heterocycles. The fourth-order valence-electron chi connectivity index (χ4n) is 2.21. The summed E-state index contributed by atoms with van der Waals surface area (Å²) in [7, 11) is 0. The van der Waals surface area contributed by atoms with Crippen molar-refractivity contribution in [1.29, 1.82) is 0 Å². The van der Waals surface area contributed by atoms with Crippen LogP contribution in [0.2, 0.25) is 0 Å². The van der Waals surface area contributed by atoms with Crippen molar-refractivity contribution < 1.29 is 8.78 Å². The Morgan fingerprint density at radius 2 is 1.76 bits per heavy atom. The second kappa shape index (κ2) is 7.42. The Morgan fingerprint density at radius 1 is 1.10 bits per heavy atom. The number of halogens is 4. The van der Waals surface area contributed by atoms with E-state index in [1.807, 2.05) is 13.0 Å². The summed E-state index contributed by atoms with van der Waals surface area (Å²) >= 11 is 6.44. The predicted molar refractivity (Wildman–Crippen MR) is 86.1 cm³/mol. The fraction of sp³-hybridized carbons (Fsp3) is 0.267. The Bertz CT molecular complexity index is 612. The van der Waals surface area contributed by atoms with E-state index in [0.29, 0.717) is 17.4 Å². The van der Waals surface area contributed by atoms with Gasteiger partial charge in [-0.15, -0.1) is 0 Å². The molecule has 2 rings (SSSR count). The number of rotatable bonds is 5. The zero-order valence-corrected chi connectivity index (χ0v) is 14.5. The van der Waals surface area contributed by atoms with E-state index < -0.39 is 17.7 Å². The molecule has 1 unspecified atom stereocenters. The molecule has 2 aromatic rings. The summed E-state index contributed by atoms with van der Waals surface area (Å²) in [6, 6.07) is 4.01. The van der Waals surface area contributed by atoms with E-state index in [2.05, 4.69) is 42.2 Å². The number of nitrogens with zero attached hydrogens (tertiary/aromatic N) is 1. The molecule has 21 heavy (non-hydrogen) atoms. The lowest BCUT2D eigenvalue weighted by atomic mass is 9.98. The van der Waals surface area contributed by atoms with Gasteiger partial charge in [0.25, 0.3) is 0 Å². The maximum Gasteiger partial charge on any atom is 0.132 e. The highest BCUT2D eigenvalue weighted by Crippen LogP contribution is 2.27. The van der Waals surface area contributed by atoms with Gasteiger partial charge in [0.05, 0.1) is 0 Å². The molecule has 0 bridgehead atoms. The van der Waals surface area contributed by atoms with Crippen molar-refractivity contribution in [3.05, 3.63) is 62.3 Å². The van der Waals surface area contributed by atoms with Crippen molar-refractivity contribution in [2.24, 2.45) is 0 Å². The van der Waals surface area contributed by atoms with Gasteiger partial charge in [-0.3, -0.25) is 4.98 Å². The van der Waals surface area contributed by atoms with E-state index in [0.717, 1.165) is 10.0 Å². The van der Waals surface area contributed by atoms with Crippen LogP contribution in [-0.2, 0) is 6.42 Å². The summed E-state index contributed by atoms with van der Waals surface area (Å²) in [4.78, 5) is 4.08. The van der Waals surface area contributed by atoms with Gasteiger partial charge in [-0.25, -0.2) is 8.78 Å². The van der Waals surface area contributed by atoms with Crippen molar-refractivity contribution in [3.8, 4) is 0 Å². The van der Waals surface area contributed by atoms with Crippen LogP contribution in [0, 0.1) is 11.6 Å². The van der Waals surface area contributed by atoms with Crippen LogP contribution in [0.25, 0.3) is 0 Å². The summed E-state index contributed by atoms with van der Waals surface area (Å²) in [5, 5.41) is 3.13. The van der Waals surface area contributed by atoms with Crippen LogP contribution >= 0.6 is 31.9 Å². The van der Waals surface area contributed by atoms with Gasteiger partial charge in [-0.1, -0.05) is 22.9 Å². The topological polar surface area (TPSA) is 24.9 Å². The lowest BCUT2D eigenvalue weighted by molar-refractivity contribution is 0.472. The molecule has 0 radical (unpaired) electrons. The van der Waals surface area contributed by atoms with E-state index in [-0.39, 0.29) is 5.56 Å². The molecule has 2 nitrogen and oxygen atoms in total. The first-order chi connectivity index (χ1) is 10.0. The van der Waals surface area contributed by atoms with E-state index in [1.165, 1.54) is 12.1 Å². The number of hydrogen-bond acceptors (Lipinski definition) is 2. The lowest BCUT2D eigenvalue weighted by Gasteiger charge is -2.20. The molecule has 0 saturated carbocycles. The van der Waals surface area contributed by atoms with Crippen molar-refractivity contribution in [2.45, 2.75) is 19.4 Å². The summed E-state index contributed by atoms with van der Waals surface area (Å²) in [6.07, 6.45) is 3.83. The average Bonchev–Trinajstić information content (AvgIpc) is 2.37. The van der Waals surface area contributed by atoms with Crippen LogP contribution in [0.1, 0.15) is 24.1 Å². The molecule has 1 aromatic carbocycles. The van der Waals surface area contributed by atoms with Gasteiger partial charge in [0.2, 0.25) is 0 Å². The maximum absolute atomic E-state index is 14.1. The first-order valence-electron chi connectivity index (χ1n) is 6.48. The summed E-state index contributed by atoms with van der Waals surface area (Å²) in [5.74, 6) is -1.12. The molecule has 0 aliphatic heterocycles. The van der Waals surface area contributed by atoms with Crippen LogP contribution < -0.4 is 5.32 Å². The van der Waals surface area contributed by atoms with Crippen molar-refractivity contribution in [3.63, 3.8) is 0 Å². The Morgan fingerprint density at radius 3 is 2.33 bits per heavy atom. The third kappa shape index (κ3) is 4.31. The van der Waals surface area contributed by atoms with E-state index in [4.69, 9.17) is 0 Å². The van der Waals surface area contributed by atoms with Gasteiger partial charge >= 0.3 is 0 Å². The zero-order chi connectivity index (χ0) is 15.4. The SMILES string of the molecule is CCNC(Cc1cncc(Br)c1)c1c(F)cc(Br)cc1F. The second-order valence-corrected chi connectivity index (χ2v) is 6.44. The lowest BCUT2D eigenvalue weighted by Crippen LogP contribution is -2.25. The minimum atomic E-state index is -0.559. The summed E-state index contributed by atoms with van der Waals surface area (Å²) < 4.78 is 29.5. The van der Waals surface area contributed by atoms with Crippen LogP contribution in [0.4, 0.5) is 8.78 Å². The molecule has 112 valence electrons. The first kappa shape index (κ1) is 16.5. The van der Waals surface area contributed by atoms with E-state index in [9.17, 15) is 8.78 Å². The van der Waals surface area contributed by atoms with Gasteiger partial charge in [0.1, 0.15) is 11.6 Å². The molecule has 1 heterocycles. The third-order valence-electron chi connectivity index (χ3n) is 3.04. The van der Waals surface area contributed by atoms with Crippen LogP contribution in [-0.4, -0.2) is 11.5 Å². The standard InChI is InChI=1S/C15H14Br2F2N2/c1-2-21-14(4-9-3-11(17)8-20-7-9)15-12(18)5-10(16)6-13(15)19/h3,5-8,14,21H,2,4H2,1H3. The predicted octanol–water partition coefficient (Wildman–Crippen LogP) is 4.78. The van der Waals surface area contributed by atoms with E-state index >= 15 is 0 Å². The fourth-order valence-corrected chi connectivity index (χ4v) is 3.03. The van der Waals surface area contributed by atoms with Gasteiger partial charge in [0.15, 0.2) is 0 Å². The minimum Gasteiger partial charge on any atom is -0.310 e. The van der Waals surface area contributed by atoms with Crippen molar-refractivity contribution in [1.82, 2.24) is 10.3 Å². The summed E-state index contributed by atoms with van der Waals surface area (Å²) in [6.45, 7) is 2.52. The number of pyridine rings is 1. The zero-order valence-electron chi connectivity index (χ0n) is 11.3. The van der Waals surface area contributed by atoms with Gasteiger partial charge in [-0.05, 0) is 52.7 Å². The number of aromatic nitrogens is 1. The number of hydrogen-bond donors (Lipinski definition) is 1. The molecular weight excluding hydrogens is 406 g/mol. The quantitative estimate of drug-likeness (QED) is 0.754. The normalized spacial score (nSPS) is 12.4. The molecule has 0 aliphatic carbocycles. The Kier molecular flexibility index (Phi) is 5.84. The monoisotopic (exact) mass is 418 g/mol. The molecule has 0 spiro atoms. The number of nitrogens with one attached hydrogen (secondary N) is 1.